The van der Waals surface area contributed by atoms with E-state index in [1.54, 1.807) is 25.3 Å². The molecule has 2 amide bonds. The Morgan fingerprint density at radius 3 is 2.62 bits per heavy atom. The molecule has 2 rings (SSSR count). The van der Waals surface area contributed by atoms with Crippen molar-refractivity contribution < 1.29 is 19.1 Å². The van der Waals surface area contributed by atoms with E-state index in [0.29, 0.717) is 42.5 Å². The zero-order chi connectivity index (χ0) is 17.5. The molecule has 0 saturated carbocycles. The van der Waals surface area contributed by atoms with Crippen molar-refractivity contribution in [2.75, 3.05) is 33.9 Å². The number of nitrogens with one attached hydrogen (secondary N) is 1. The number of benzene rings is 1. The molecule has 132 valence electrons. The number of carbonyl (C=O) groups is 2. The Hall–Kier alpha value is -1.79. The molecule has 1 aliphatic rings. The monoisotopic (exact) mass is 354 g/mol. The summed E-state index contributed by atoms with van der Waals surface area (Å²) in [5.41, 5.74) is 0.420. The first kappa shape index (κ1) is 18.5. The highest BCUT2D eigenvalue weighted by molar-refractivity contribution is 6.31. The summed E-state index contributed by atoms with van der Waals surface area (Å²) in [7, 11) is 3.10. The van der Waals surface area contributed by atoms with Crippen LogP contribution in [-0.2, 0) is 9.53 Å². The molecule has 0 radical (unpaired) electrons. The lowest BCUT2D eigenvalue weighted by atomic mass is 10.0. The summed E-state index contributed by atoms with van der Waals surface area (Å²) in [4.78, 5) is 26.2. The van der Waals surface area contributed by atoms with Crippen molar-refractivity contribution in [3.63, 3.8) is 0 Å². The fraction of sp³-hybridized carbons (Fsp3) is 0.529. The van der Waals surface area contributed by atoms with Crippen molar-refractivity contribution in [1.82, 2.24) is 10.2 Å². The Bertz CT molecular complexity index is 586. The van der Waals surface area contributed by atoms with Crippen LogP contribution in [-0.4, -0.2) is 56.7 Å². The Labute approximate surface area is 147 Å². The maximum atomic E-state index is 12.5. The van der Waals surface area contributed by atoms with Gasteiger partial charge in [-0.2, -0.15) is 0 Å². The van der Waals surface area contributed by atoms with E-state index >= 15 is 0 Å². The molecule has 1 aromatic rings. The molecule has 1 aromatic carbocycles. The zero-order valence-corrected chi connectivity index (χ0v) is 14.8. The first-order chi connectivity index (χ1) is 11.5. The van der Waals surface area contributed by atoms with E-state index in [2.05, 4.69) is 5.32 Å². The molecule has 1 fully saturated rings. The zero-order valence-electron chi connectivity index (χ0n) is 14.0. The molecule has 0 bridgehead atoms. The van der Waals surface area contributed by atoms with Gasteiger partial charge in [0.2, 0.25) is 5.91 Å². The average Bonchev–Trinajstić information content (AvgIpc) is 2.60. The number of ether oxygens (including phenoxy) is 2. The lowest BCUT2D eigenvalue weighted by Crippen LogP contribution is -2.46. The van der Waals surface area contributed by atoms with Crippen molar-refractivity contribution in [1.29, 1.82) is 0 Å². The van der Waals surface area contributed by atoms with E-state index in [1.807, 2.05) is 4.90 Å². The minimum atomic E-state index is -0.210. The second kappa shape index (κ2) is 8.89. The third-order valence-corrected chi connectivity index (χ3v) is 4.34. The quantitative estimate of drug-likeness (QED) is 0.849. The first-order valence-electron chi connectivity index (χ1n) is 7.96. The van der Waals surface area contributed by atoms with Gasteiger partial charge in [-0.25, -0.2) is 0 Å². The standard InChI is InChI=1S/C17H23ClN2O4/c1-23-10-7-16(21)20-8-5-13(6-9-20)19-17(22)14-11-12(18)3-4-15(14)24-2/h3-4,11,13H,5-10H2,1-2H3,(H,19,22). The van der Waals surface area contributed by atoms with Gasteiger partial charge in [-0.15, -0.1) is 0 Å². The summed E-state index contributed by atoms with van der Waals surface area (Å²) in [6, 6.07) is 4.99. The van der Waals surface area contributed by atoms with Gasteiger partial charge >= 0.3 is 0 Å². The topological polar surface area (TPSA) is 67.9 Å². The fourth-order valence-corrected chi connectivity index (χ4v) is 2.91. The molecular formula is C17H23ClN2O4. The van der Waals surface area contributed by atoms with Crippen LogP contribution in [0, 0.1) is 0 Å². The molecule has 0 atom stereocenters. The number of methoxy groups -OCH3 is 2. The molecule has 0 unspecified atom stereocenters. The number of hydrogen-bond acceptors (Lipinski definition) is 4. The number of likely N-dealkylation sites (tertiary alicyclic amines) is 1. The van der Waals surface area contributed by atoms with E-state index < -0.39 is 0 Å². The second-order valence-corrected chi connectivity index (χ2v) is 6.15. The maximum Gasteiger partial charge on any atom is 0.255 e. The number of rotatable bonds is 6. The fourth-order valence-electron chi connectivity index (χ4n) is 2.74. The third-order valence-electron chi connectivity index (χ3n) is 4.11. The van der Waals surface area contributed by atoms with Gasteiger partial charge in [0.25, 0.3) is 5.91 Å². The van der Waals surface area contributed by atoms with Crippen molar-refractivity contribution in [3.8, 4) is 5.75 Å². The van der Waals surface area contributed by atoms with Crippen LogP contribution in [0.5, 0.6) is 5.75 Å². The minimum Gasteiger partial charge on any atom is -0.496 e. The molecule has 1 heterocycles. The van der Waals surface area contributed by atoms with Crippen LogP contribution in [0.25, 0.3) is 0 Å². The van der Waals surface area contributed by atoms with Gasteiger partial charge in [0.1, 0.15) is 5.75 Å². The molecule has 0 spiro atoms. The number of amides is 2. The van der Waals surface area contributed by atoms with Gasteiger partial charge in [0.05, 0.1) is 25.7 Å². The summed E-state index contributed by atoms with van der Waals surface area (Å²) < 4.78 is 10.1. The van der Waals surface area contributed by atoms with Crippen LogP contribution in [0.4, 0.5) is 0 Å². The molecule has 6 nitrogen and oxygen atoms in total. The number of carbonyl (C=O) groups excluding carboxylic acids is 2. The SMILES string of the molecule is COCCC(=O)N1CCC(NC(=O)c2cc(Cl)ccc2OC)CC1. The number of piperidine rings is 1. The van der Waals surface area contributed by atoms with Gasteiger partial charge in [0, 0.05) is 31.3 Å². The predicted octanol–water partition coefficient (Wildman–Crippen LogP) is 2.11. The van der Waals surface area contributed by atoms with E-state index in [1.165, 1.54) is 7.11 Å². The molecule has 24 heavy (non-hydrogen) atoms. The number of hydrogen-bond donors (Lipinski definition) is 1. The maximum absolute atomic E-state index is 12.5. The van der Waals surface area contributed by atoms with Crippen molar-refractivity contribution in [2.45, 2.75) is 25.3 Å². The molecule has 7 heteroatoms. The average molecular weight is 355 g/mol. The third kappa shape index (κ3) is 4.85. The summed E-state index contributed by atoms with van der Waals surface area (Å²) in [5, 5.41) is 3.49. The normalized spacial score (nSPS) is 15.2. The first-order valence-corrected chi connectivity index (χ1v) is 8.34. The van der Waals surface area contributed by atoms with E-state index in [-0.39, 0.29) is 17.9 Å². The van der Waals surface area contributed by atoms with Crippen LogP contribution in [0.1, 0.15) is 29.6 Å². The van der Waals surface area contributed by atoms with Crippen LogP contribution >= 0.6 is 11.6 Å². The molecule has 1 N–H and O–H groups in total. The van der Waals surface area contributed by atoms with Gasteiger partial charge < -0.3 is 19.7 Å². The minimum absolute atomic E-state index is 0.0349. The highest BCUT2D eigenvalue weighted by Crippen LogP contribution is 2.23. The molecule has 0 aromatic heterocycles. The van der Waals surface area contributed by atoms with Gasteiger partial charge in [-0.05, 0) is 31.0 Å². The van der Waals surface area contributed by atoms with Crippen LogP contribution < -0.4 is 10.1 Å². The second-order valence-electron chi connectivity index (χ2n) is 5.72. The Kier molecular flexibility index (Phi) is 6.87. The highest BCUT2D eigenvalue weighted by atomic mass is 35.5. The molecule has 1 aliphatic heterocycles. The van der Waals surface area contributed by atoms with Gasteiger partial charge in [-0.3, -0.25) is 9.59 Å². The van der Waals surface area contributed by atoms with Crippen molar-refractivity contribution in [3.05, 3.63) is 28.8 Å². The largest absolute Gasteiger partial charge is 0.496 e. The van der Waals surface area contributed by atoms with Gasteiger partial charge in [0.15, 0.2) is 0 Å². The van der Waals surface area contributed by atoms with Crippen molar-refractivity contribution in [2.24, 2.45) is 0 Å². The lowest BCUT2D eigenvalue weighted by molar-refractivity contribution is -0.133. The van der Waals surface area contributed by atoms with E-state index in [4.69, 9.17) is 21.1 Å². The summed E-state index contributed by atoms with van der Waals surface area (Å²) in [6.07, 6.45) is 1.86. The Morgan fingerprint density at radius 1 is 1.29 bits per heavy atom. The smallest absolute Gasteiger partial charge is 0.255 e. The van der Waals surface area contributed by atoms with E-state index in [0.717, 1.165) is 12.8 Å². The lowest BCUT2D eigenvalue weighted by Gasteiger charge is -2.32. The number of halogens is 1. The van der Waals surface area contributed by atoms with Crippen LogP contribution in [0.3, 0.4) is 0 Å². The van der Waals surface area contributed by atoms with E-state index in [9.17, 15) is 9.59 Å². The predicted molar refractivity (Wildman–Crippen MR) is 91.6 cm³/mol. The van der Waals surface area contributed by atoms with Crippen molar-refractivity contribution >= 4 is 23.4 Å². The Balaban J connectivity index is 1.89. The van der Waals surface area contributed by atoms with Crippen LogP contribution in [0.2, 0.25) is 5.02 Å². The van der Waals surface area contributed by atoms with Gasteiger partial charge in [-0.1, -0.05) is 11.6 Å². The number of nitrogens with zero attached hydrogens (tertiary/aromatic N) is 1. The molecule has 1 saturated heterocycles. The molecular weight excluding hydrogens is 332 g/mol. The molecule has 0 aliphatic carbocycles. The highest BCUT2D eigenvalue weighted by Gasteiger charge is 2.24. The Morgan fingerprint density at radius 2 is 2.00 bits per heavy atom. The summed E-state index contributed by atoms with van der Waals surface area (Å²) in [5.74, 6) is 0.376. The van der Waals surface area contributed by atoms with Crippen LogP contribution in [0.15, 0.2) is 18.2 Å². The summed E-state index contributed by atoms with van der Waals surface area (Å²) in [6.45, 7) is 1.71. The summed E-state index contributed by atoms with van der Waals surface area (Å²) >= 11 is 5.97.